The van der Waals surface area contributed by atoms with E-state index < -0.39 is 15.6 Å². The van der Waals surface area contributed by atoms with Crippen LogP contribution in [0.15, 0.2) is 0 Å². The van der Waals surface area contributed by atoms with Gasteiger partial charge in [0.05, 0.1) is 0 Å². The van der Waals surface area contributed by atoms with Crippen LogP contribution in [-0.2, 0) is 9.13 Å². The Hall–Kier alpha value is 2.61. The van der Waals surface area contributed by atoms with Gasteiger partial charge in [0.2, 0.25) is 0 Å². The van der Waals surface area contributed by atoms with E-state index >= 15 is 0 Å². The summed E-state index contributed by atoms with van der Waals surface area (Å²) in [7, 11) is -10.8. The quantitative estimate of drug-likeness (QED) is 0.306. The molecule has 13 heavy (non-hydrogen) atoms. The average molecular weight is 264 g/mol. The van der Waals surface area contributed by atoms with Crippen LogP contribution < -0.4 is 48.2 Å². The smallest absolute Gasteiger partial charge is 0.822 e. The number of hydrogen-bond acceptors (Lipinski definition) is 8. The minimum Gasteiger partial charge on any atom is -0.822 e. The van der Waals surface area contributed by atoms with Crippen LogP contribution >= 0.6 is 15.6 Å². The van der Waals surface area contributed by atoms with Crippen molar-refractivity contribution in [3.63, 3.8) is 0 Å². The Bertz CT molecular complexity index is 134. The van der Waals surface area contributed by atoms with Gasteiger partial charge in [0.25, 0.3) is 0 Å². The van der Waals surface area contributed by atoms with Crippen LogP contribution in [0.4, 0.5) is 0 Å². The van der Waals surface area contributed by atoms with E-state index in [4.69, 9.17) is 38.5 Å². The van der Waals surface area contributed by atoms with Gasteiger partial charge in [-0.2, -0.15) is 15.6 Å². The molecule has 0 aliphatic heterocycles. The molecule has 0 radical (unpaired) electrons. The summed E-state index contributed by atoms with van der Waals surface area (Å²) in [4.78, 5) is 51.3. The Morgan fingerprint density at radius 2 is 0.692 bits per heavy atom. The zero-order valence-corrected chi connectivity index (χ0v) is 11.6. The van der Waals surface area contributed by atoms with E-state index in [1.807, 2.05) is 0 Å². The second kappa shape index (κ2) is 12.7. The van der Waals surface area contributed by atoms with Crippen LogP contribution in [0.2, 0.25) is 0 Å². The first kappa shape index (κ1) is 29.6. The summed E-state index contributed by atoms with van der Waals surface area (Å²) >= 11 is 0. The maximum atomic E-state index is 8.55. The fourth-order valence-corrected chi connectivity index (χ4v) is 0. The van der Waals surface area contributed by atoms with Gasteiger partial charge in [-0.15, -0.1) is 0 Å². The van der Waals surface area contributed by atoms with Gasteiger partial charge in [-0.25, -0.2) is 0 Å². The zero-order chi connectivity index (χ0) is 9.00. The maximum Gasteiger partial charge on any atom is 3.00 e. The van der Waals surface area contributed by atoms with Crippen LogP contribution in [0.5, 0.6) is 0 Å². The largest absolute Gasteiger partial charge is 3.00 e. The van der Waals surface area contributed by atoms with Crippen molar-refractivity contribution in [2.75, 3.05) is 0 Å². The van der Waals surface area contributed by atoms with Gasteiger partial charge in [-0.1, -0.05) is 0 Å². The molecule has 8 nitrogen and oxygen atoms in total. The van der Waals surface area contributed by atoms with Crippen molar-refractivity contribution in [2.45, 2.75) is 0 Å². The Morgan fingerprint density at radius 1 is 0.692 bits per heavy atom. The molecule has 0 N–H and O–H groups in total. The molecule has 0 atom stereocenters. The van der Waals surface area contributed by atoms with Crippen molar-refractivity contribution in [3.8, 4) is 0 Å². The Balaban J connectivity index is -0.0000000267. The monoisotopic (exact) mass is 264 g/mol. The van der Waals surface area contributed by atoms with E-state index in [-0.39, 0.29) is 74.0 Å². The van der Waals surface area contributed by atoms with Gasteiger partial charge in [0.1, 0.15) is 0 Å². The van der Waals surface area contributed by atoms with E-state index in [9.17, 15) is 0 Å². The van der Waals surface area contributed by atoms with Crippen molar-refractivity contribution in [1.82, 2.24) is 0 Å². The molecule has 0 saturated heterocycles. The Kier molecular flexibility index (Phi) is 28.9. The van der Waals surface area contributed by atoms with Gasteiger partial charge in [-0.3, -0.25) is 0 Å². The van der Waals surface area contributed by atoms with Gasteiger partial charge >= 0.3 is 74.0 Å². The molecular formula is AlCaLiO8P2. The summed E-state index contributed by atoms with van der Waals surface area (Å²) < 4.78 is 17.1. The average Bonchev–Trinajstić information content (AvgIpc) is 1.12. The fourth-order valence-electron chi connectivity index (χ4n) is 0. The minimum atomic E-state index is -5.39. The third kappa shape index (κ3) is 341. The molecule has 0 amide bonds. The van der Waals surface area contributed by atoms with E-state index in [2.05, 4.69) is 0 Å². The molecule has 0 aromatic rings. The first-order valence-electron chi connectivity index (χ1n) is 1.46. The van der Waals surface area contributed by atoms with E-state index in [1.165, 1.54) is 0 Å². The van der Waals surface area contributed by atoms with Crippen molar-refractivity contribution in [1.29, 1.82) is 0 Å². The van der Waals surface area contributed by atoms with Gasteiger partial charge < -0.3 is 38.5 Å². The predicted octanol–water partition coefficient (Wildman–Crippen LogP) is -9.41. The number of hydrogen-bond donors (Lipinski definition) is 0. The second-order valence-electron chi connectivity index (χ2n) is 0.894. The normalized spacial score (nSPS) is 9.08. The predicted molar refractivity (Wildman–Crippen MR) is 26.7 cm³/mol. The van der Waals surface area contributed by atoms with Gasteiger partial charge in [0, 0.05) is 0 Å². The van der Waals surface area contributed by atoms with Gasteiger partial charge in [-0.05, 0) is 0 Å². The molecule has 0 rings (SSSR count). The molecule has 0 aliphatic carbocycles. The third-order valence-corrected chi connectivity index (χ3v) is 0. The summed E-state index contributed by atoms with van der Waals surface area (Å²) in [5.74, 6) is 0. The van der Waals surface area contributed by atoms with Crippen molar-refractivity contribution < 1.29 is 57.4 Å². The fraction of sp³-hybridized carbons (Fsp3) is 0. The minimum absolute atomic E-state index is 0. The molecule has 0 fully saturated rings. The molecular weight excluding hydrogens is 264 g/mol. The molecule has 0 heterocycles. The molecule has 0 saturated carbocycles. The first-order valence-corrected chi connectivity index (χ1v) is 4.38. The summed E-state index contributed by atoms with van der Waals surface area (Å²) in [5.41, 5.74) is 0. The summed E-state index contributed by atoms with van der Waals surface area (Å²) in [6.07, 6.45) is 0. The molecule has 13 heteroatoms. The Morgan fingerprint density at radius 3 is 0.692 bits per heavy atom. The van der Waals surface area contributed by atoms with E-state index in [1.54, 1.807) is 0 Å². The SMILES string of the molecule is O=P([O-])([O-])[O-].O=P([O-])([O-])[O-].[Al+3].[Ca+2].[Li+]. The number of phosphoric acid groups is 2. The van der Waals surface area contributed by atoms with Crippen LogP contribution in [0.3, 0.4) is 0 Å². The first-order chi connectivity index (χ1) is 4.00. The molecule has 0 aromatic heterocycles. The molecule has 64 valence electrons. The topological polar surface area (TPSA) is 172 Å². The van der Waals surface area contributed by atoms with Crippen molar-refractivity contribution >= 4 is 70.7 Å². The van der Waals surface area contributed by atoms with Crippen LogP contribution in [0.25, 0.3) is 0 Å². The summed E-state index contributed by atoms with van der Waals surface area (Å²) in [6.45, 7) is 0. The third-order valence-electron chi connectivity index (χ3n) is 0. The number of rotatable bonds is 0. The van der Waals surface area contributed by atoms with Crippen LogP contribution in [0.1, 0.15) is 0 Å². The second-order valence-corrected chi connectivity index (χ2v) is 2.68. The maximum absolute atomic E-state index is 8.55. The summed E-state index contributed by atoms with van der Waals surface area (Å²) in [6, 6.07) is 0. The molecule has 0 spiro atoms. The molecule has 0 unspecified atom stereocenters. The molecule has 0 aliphatic rings. The molecule has 0 aromatic carbocycles. The van der Waals surface area contributed by atoms with Crippen molar-refractivity contribution in [2.24, 2.45) is 0 Å². The standard InChI is InChI=1S/Al.Ca.Li.2H3O4P/c;;;2*1-5(2,3)4/h;;;2*(H3,1,2,3,4)/q+3;+2;+1;;/p-6. The summed E-state index contributed by atoms with van der Waals surface area (Å²) in [5, 5.41) is 0. The van der Waals surface area contributed by atoms with Crippen LogP contribution in [-0.4, -0.2) is 55.1 Å². The van der Waals surface area contributed by atoms with Gasteiger partial charge in [0.15, 0.2) is 0 Å². The van der Waals surface area contributed by atoms with E-state index in [0.717, 1.165) is 0 Å². The van der Waals surface area contributed by atoms with Crippen molar-refractivity contribution in [3.05, 3.63) is 0 Å². The Labute approximate surface area is 127 Å². The zero-order valence-electron chi connectivity index (χ0n) is 6.44. The molecule has 0 bridgehead atoms. The van der Waals surface area contributed by atoms with E-state index in [0.29, 0.717) is 0 Å². The van der Waals surface area contributed by atoms with Crippen LogP contribution in [0, 0.1) is 0 Å².